The molecule has 0 aliphatic heterocycles. The maximum Gasteiger partial charge on any atom is 0.330 e. The summed E-state index contributed by atoms with van der Waals surface area (Å²) >= 11 is 0. The highest BCUT2D eigenvalue weighted by molar-refractivity contribution is 5.91. The fourth-order valence-corrected chi connectivity index (χ4v) is 3.30. The molecule has 138 valence electrons. The first-order chi connectivity index (χ1) is 11.6. The van der Waals surface area contributed by atoms with E-state index >= 15 is 0 Å². The first-order valence-corrected chi connectivity index (χ1v) is 8.54. The summed E-state index contributed by atoms with van der Waals surface area (Å²) in [6.07, 6.45) is -0.770. The second-order valence-electron chi connectivity index (χ2n) is 7.15. The summed E-state index contributed by atoms with van der Waals surface area (Å²) in [4.78, 5) is 24.5. The predicted molar refractivity (Wildman–Crippen MR) is 93.6 cm³/mol. The summed E-state index contributed by atoms with van der Waals surface area (Å²) in [6.45, 7) is 9.52. The molecule has 1 aromatic carbocycles. The van der Waals surface area contributed by atoms with Gasteiger partial charge in [0.15, 0.2) is 6.10 Å². The molecule has 0 radical (unpaired) electrons. The zero-order chi connectivity index (χ0) is 18.8. The third-order valence-electron chi connectivity index (χ3n) is 5.14. The van der Waals surface area contributed by atoms with Crippen LogP contribution in [-0.2, 0) is 14.3 Å². The molecule has 6 nitrogen and oxygen atoms in total. The van der Waals surface area contributed by atoms with E-state index in [9.17, 15) is 14.7 Å². The molecule has 3 unspecified atom stereocenters. The molecule has 2 N–H and O–H groups in total. The van der Waals surface area contributed by atoms with E-state index in [1.807, 2.05) is 32.0 Å². The average Bonchev–Trinajstić information content (AvgIpc) is 2.53. The molecule has 1 aliphatic rings. The van der Waals surface area contributed by atoms with Gasteiger partial charge in [0.2, 0.25) is 0 Å². The van der Waals surface area contributed by atoms with Crippen molar-refractivity contribution in [1.82, 2.24) is 5.32 Å². The normalized spacial score (nSPS) is 25.6. The van der Waals surface area contributed by atoms with Gasteiger partial charge in [0, 0.05) is 18.4 Å². The standard InChI is InChI=1S/C19H27NO5/c1-6-24-15-11-19(17(22)23,18(15,4)5)20-16(21)13(3)25-14-9-7-8-12(2)10-14/h7-10,13,15H,6,11H2,1-5H3,(H,20,21)(H,22,23). The highest BCUT2D eigenvalue weighted by atomic mass is 16.5. The minimum Gasteiger partial charge on any atom is -0.481 e. The van der Waals surface area contributed by atoms with Crippen LogP contribution >= 0.6 is 0 Å². The Morgan fingerprint density at radius 1 is 1.40 bits per heavy atom. The molecule has 0 spiro atoms. The van der Waals surface area contributed by atoms with E-state index in [-0.39, 0.29) is 12.5 Å². The second-order valence-corrected chi connectivity index (χ2v) is 7.15. The van der Waals surface area contributed by atoms with E-state index in [1.54, 1.807) is 26.8 Å². The van der Waals surface area contributed by atoms with Crippen molar-refractivity contribution in [2.75, 3.05) is 6.61 Å². The molecule has 0 aromatic heterocycles. The lowest BCUT2D eigenvalue weighted by Gasteiger charge is -2.58. The van der Waals surface area contributed by atoms with Gasteiger partial charge in [-0.2, -0.15) is 0 Å². The first-order valence-electron chi connectivity index (χ1n) is 8.54. The van der Waals surface area contributed by atoms with Gasteiger partial charge in [0.05, 0.1) is 6.10 Å². The van der Waals surface area contributed by atoms with Gasteiger partial charge in [-0.25, -0.2) is 4.79 Å². The molecule has 6 heteroatoms. The fraction of sp³-hybridized carbons (Fsp3) is 0.579. The Morgan fingerprint density at radius 2 is 2.08 bits per heavy atom. The number of hydrogen-bond donors (Lipinski definition) is 2. The molecule has 25 heavy (non-hydrogen) atoms. The summed E-state index contributed by atoms with van der Waals surface area (Å²) in [7, 11) is 0. The SMILES string of the molecule is CCOC1CC(NC(=O)C(C)Oc2cccc(C)c2)(C(=O)O)C1(C)C. The van der Waals surface area contributed by atoms with Crippen LogP contribution in [0, 0.1) is 12.3 Å². The van der Waals surface area contributed by atoms with Crippen LogP contribution in [0.1, 0.15) is 39.7 Å². The Morgan fingerprint density at radius 3 is 2.60 bits per heavy atom. The number of benzene rings is 1. The van der Waals surface area contributed by atoms with E-state index < -0.39 is 28.9 Å². The number of amides is 1. The summed E-state index contributed by atoms with van der Waals surface area (Å²) in [5.74, 6) is -0.927. The summed E-state index contributed by atoms with van der Waals surface area (Å²) in [5.41, 5.74) is -1.05. The monoisotopic (exact) mass is 349 g/mol. The van der Waals surface area contributed by atoms with Crippen molar-refractivity contribution < 1.29 is 24.2 Å². The van der Waals surface area contributed by atoms with Crippen LogP contribution < -0.4 is 10.1 Å². The van der Waals surface area contributed by atoms with E-state index in [4.69, 9.17) is 9.47 Å². The van der Waals surface area contributed by atoms with Crippen LogP contribution in [0.25, 0.3) is 0 Å². The lowest BCUT2D eigenvalue weighted by atomic mass is 9.54. The zero-order valence-electron chi connectivity index (χ0n) is 15.5. The first kappa shape index (κ1) is 19.2. The largest absolute Gasteiger partial charge is 0.481 e. The van der Waals surface area contributed by atoms with Crippen LogP contribution in [0.2, 0.25) is 0 Å². The number of hydrogen-bond acceptors (Lipinski definition) is 4. The topological polar surface area (TPSA) is 84.9 Å². The lowest BCUT2D eigenvalue weighted by molar-refractivity contribution is -0.195. The highest BCUT2D eigenvalue weighted by Crippen LogP contribution is 2.51. The third-order valence-corrected chi connectivity index (χ3v) is 5.14. The number of aliphatic carboxylic acids is 1. The summed E-state index contributed by atoms with van der Waals surface area (Å²) in [5, 5.41) is 12.5. The number of carbonyl (C=O) groups is 2. The van der Waals surface area contributed by atoms with Gasteiger partial charge in [-0.15, -0.1) is 0 Å². The van der Waals surface area contributed by atoms with Crippen molar-refractivity contribution in [3.63, 3.8) is 0 Å². The Kier molecular flexibility index (Phi) is 5.42. The molecule has 1 amide bonds. The van der Waals surface area contributed by atoms with Crippen molar-refractivity contribution in [2.45, 2.75) is 58.8 Å². The van der Waals surface area contributed by atoms with Gasteiger partial charge >= 0.3 is 5.97 Å². The summed E-state index contributed by atoms with van der Waals surface area (Å²) < 4.78 is 11.3. The smallest absolute Gasteiger partial charge is 0.330 e. The molecule has 0 heterocycles. The van der Waals surface area contributed by atoms with Crippen molar-refractivity contribution in [3.8, 4) is 5.75 Å². The number of nitrogens with one attached hydrogen (secondary N) is 1. The average molecular weight is 349 g/mol. The Hall–Kier alpha value is -2.08. The molecule has 0 saturated heterocycles. The minimum absolute atomic E-state index is 0.207. The number of rotatable bonds is 7. The van der Waals surface area contributed by atoms with Crippen LogP contribution in [0.15, 0.2) is 24.3 Å². The Labute approximate surface area is 148 Å². The molecule has 3 atom stereocenters. The number of carboxylic acid groups (broad SMARTS) is 1. The predicted octanol–water partition coefficient (Wildman–Crippen LogP) is 2.54. The lowest BCUT2D eigenvalue weighted by Crippen LogP contribution is -2.76. The van der Waals surface area contributed by atoms with Crippen LogP contribution in [0.3, 0.4) is 0 Å². The van der Waals surface area contributed by atoms with Crippen molar-refractivity contribution >= 4 is 11.9 Å². The van der Waals surface area contributed by atoms with E-state index in [2.05, 4.69) is 5.32 Å². The van der Waals surface area contributed by atoms with Gasteiger partial charge in [-0.05, 0) is 38.5 Å². The maximum absolute atomic E-state index is 12.6. The summed E-state index contributed by atoms with van der Waals surface area (Å²) in [6, 6.07) is 7.37. The number of carboxylic acids is 1. The van der Waals surface area contributed by atoms with Gasteiger partial charge in [-0.3, -0.25) is 4.79 Å². The maximum atomic E-state index is 12.6. The van der Waals surface area contributed by atoms with Crippen LogP contribution in [0.5, 0.6) is 5.75 Å². The molecule has 2 rings (SSSR count). The molecule has 1 saturated carbocycles. The van der Waals surface area contributed by atoms with Crippen molar-refractivity contribution in [3.05, 3.63) is 29.8 Å². The quantitative estimate of drug-likeness (QED) is 0.790. The van der Waals surface area contributed by atoms with Crippen LogP contribution in [-0.4, -0.2) is 41.3 Å². The molecular weight excluding hydrogens is 322 g/mol. The molecular formula is C19H27NO5. The molecule has 1 aliphatic carbocycles. The van der Waals surface area contributed by atoms with Crippen molar-refractivity contribution in [2.24, 2.45) is 5.41 Å². The highest BCUT2D eigenvalue weighted by Gasteiger charge is 2.66. The molecule has 1 aromatic rings. The van der Waals surface area contributed by atoms with Crippen LogP contribution in [0.4, 0.5) is 0 Å². The van der Waals surface area contributed by atoms with Gasteiger partial charge in [-0.1, -0.05) is 26.0 Å². The Balaban J connectivity index is 2.10. The Bertz CT molecular complexity index is 657. The van der Waals surface area contributed by atoms with Gasteiger partial charge in [0.1, 0.15) is 11.3 Å². The minimum atomic E-state index is -1.35. The van der Waals surface area contributed by atoms with Crippen molar-refractivity contribution in [1.29, 1.82) is 0 Å². The molecule has 0 bridgehead atoms. The molecule has 1 fully saturated rings. The zero-order valence-corrected chi connectivity index (χ0v) is 15.5. The number of carbonyl (C=O) groups excluding carboxylic acids is 1. The second kappa shape index (κ2) is 7.04. The van der Waals surface area contributed by atoms with E-state index in [0.29, 0.717) is 12.4 Å². The van der Waals surface area contributed by atoms with Gasteiger partial charge < -0.3 is 19.9 Å². The van der Waals surface area contributed by atoms with Gasteiger partial charge in [0.25, 0.3) is 5.91 Å². The third kappa shape index (κ3) is 3.49. The van der Waals surface area contributed by atoms with E-state index in [1.165, 1.54) is 0 Å². The fourth-order valence-electron chi connectivity index (χ4n) is 3.30. The number of aryl methyl sites for hydroxylation is 1. The number of ether oxygens (including phenoxy) is 2. The van der Waals surface area contributed by atoms with E-state index in [0.717, 1.165) is 5.56 Å².